The molecule has 24 heavy (non-hydrogen) atoms. The molecule has 0 amide bonds. The molecule has 4 heteroatoms. The molecule has 0 radical (unpaired) electrons. The molecule has 1 atom stereocenters. The Balaban J connectivity index is 1.66. The molecule has 2 aromatic heterocycles. The summed E-state index contributed by atoms with van der Waals surface area (Å²) in [6, 6.07) is 7.34. The lowest BCUT2D eigenvalue weighted by atomic mass is 9.91. The Morgan fingerprint density at radius 3 is 3.00 bits per heavy atom. The molecule has 1 saturated heterocycles. The van der Waals surface area contributed by atoms with Gasteiger partial charge in [0, 0.05) is 29.4 Å². The number of hydrogen-bond acceptors (Lipinski definition) is 3. The van der Waals surface area contributed by atoms with Gasteiger partial charge in [-0.1, -0.05) is 0 Å². The quantitative estimate of drug-likeness (QED) is 0.751. The van der Waals surface area contributed by atoms with E-state index in [1.807, 2.05) is 12.4 Å². The Kier molecular flexibility index (Phi) is 3.21. The average molecular weight is 319 g/mol. The maximum atomic E-state index is 5.73. The van der Waals surface area contributed by atoms with Gasteiger partial charge in [-0.3, -0.25) is 0 Å². The Labute approximate surface area is 141 Å². The number of aromatic nitrogens is 2. The summed E-state index contributed by atoms with van der Waals surface area (Å²) < 4.78 is 5.73. The maximum absolute atomic E-state index is 5.73. The van der Waals surface area contributed by atoms with E-state index in [1.165, 1.54) is 51.6 Å². The third-order valence-corrected chi connectivity index (χ3v) is 5.39. The molecule has 0 saturated carbocycles. The van der Waals surface area contributed by atoms with Crippen molar-refractivity contribution in [2.75, 3.05) is 6.54 Å². The second kappa shape index (κ2) is 5.43. The fraction of sp³-hybridized carbons (Fsp3) is 0.350. The van der Waals surface area contributed by atoms with Crippen LogP contribution in [0.25, 0.3) is 22.2 Å². The van der Waals surface area contributed by atoms with Gasteiger partial charge in [-0.25, -0.2) is 4.98 Å². The molecule has 2 aliphatic rings. The van der Waals surface area contributed by atoms with Gasteiger partial charge in [0.1, 0.15) is 5.65 Å². The molecule has 3 aromatic rings. The van der Waals surface area contributed by atoms with Crippen LogP contribution in [0.2, 0.25) is 0 Å². The molecule has 2 N–H and O–H groups in total. The maximum Gasteiger partial charge on any atom is 0.137 e. The number of benzene rings is 1. The van der Waals surface area contributed by atoms with Gasteiger partial charge >= 0.3 is 0 Å². The normalized spacial score (nSPS) is 20.0. The van der Waals surface area contributed by atoms with Crippen molar-refractivity contribution in [3.05, 3.63) is 52.8 Å². The number of rotatable bonds is 2. The van der Waals surface area contributed by atoms with Crippen LogP contribution in [0.4, 0.5) is 0 Å². The Bertz CT molecular complexity index is 922. The molecule has 0 spiro atoms. The van der Waals surface area contributed by atoms with E-state index in [9.17, 15) is 0 Å². The predicted octanol–water partition coefficient (Wildman–Crippen LogP) is 3.99. The average Bonchev–Trinajstić information content (AvgIpc) is 3.35. The molecular formula is C20H21N3O. The summed E-state index contributed by atoms with van der Waals surface area (Å²) in [5.74, 6) is 0. The van der Waals surface area contributed by atoms with Gasteiger partial charge in [-0.15, -0.1) is 0 Å². The largest absolute Gasteiger partial charge is 0.372 e. The smallest absolute Gasteiger partial charge is 0.137 e. The first-order chi connectivity index (χ1) is 11.8. The fourth-order valence-corrected chi connectivity index (χ4v) is 4.04. The van der Waals surface area contributed by atoms with Crippen LogP contribution in [0.3, 0.4) is 0 Å². The fourth-order valence-electron chi connectivity index (χ4n) is 4.04. The Hall–Kier alpha value is -2.17. The molecule has 0 unspecified atom stereocenters. The molecule has 0 aliphatic carbocycles. The van der Waals surface area contributed by atoms with E-state index >= 15 is 0 Å². The molecule has 2 aliphatic heterocycles. The first-order valence-corrected chi connectivity index (χ1v) is 8.70. The first kappa shape index (κ1) is 14.2. The highest BCUT2D eigenvalue weighted by Crippen LogP contribution is 2.36. The number of nitrogens with one attached hydrogen (secondary N) is 2. The van der Waals surface area contributed by atoms with E-state index in [2.05, 4.69) is 40.4 Å². The van der Waals surface area contributed by atoms with Gasteiger partial charge in [0.2, 0.25) is 0 Å². The minimum atomic E-state index is 0.464. The van der Waals surface area contributed by atoms with E-state index in [-0.39, 0.29) is 0 Å². The molecule has 0 bridgehead atoms. The summed E-state index contributed by atoms with van der Waals surface area (Å²) in [6.07, 6.45) is 6.46. The van der Waals surface area contributed by atoms with Crippen molar-refractivity contribution in [3.8, 4) is 11.1 Å². The monoisotopic (exact) mass is 319 g/mol. The zero-order chi connectivity index (χ0) is 16.1. The lowest BCUT2D eigenvalue weighted by molar-refractivity contribution is 0.134. The van der Waals surface area contributed by atoms with E-state index in [1.54, 1.807) is 0 Å². The summed E-state index contributed by atoms with van der Waals surface area (Å²) >= 11 is 0. The standard InChI is InChI=1S/C20H21N3O/c1-12-8-22-20-16(12)7-14(9-23-20)13-5-15-10-24-11-18(15)17(6-13)19-3-2-4-21-19/h5-9,19,21H,2-4,10-11H2,1H3,(H,22,23)/t19-/m0/s1. The van der Waals surface area contributed by atoms with Crippen molar-refractivity contribution in [1.29, 1.82) is 0 Å². The SMILES string of the molecule is Cc1c[nH]c2ncc(-c3cc4c(c([C@@H]5CCCN5)c3)COC4)cc12. The van der Waals surface area contributed by atoms with Crippen molar-refractivity contribution in [3.63, 3.8) is 0 Å². The van der Waals surface area contributed by atoms with E-state index in [4.69, 9.17) is 4.74 Å². The third kappa shape index (κ3) is 2.18. The minimum Gasteiger partial charge on any atom is -0.372 e. The van der Waals surface area contributed by atoms with E-state index in [0.717, 1.165) is 25.4 Å². The highest BCUT2D eigenvalue weighted by molar-refractivity contribution is 5.84. The van der Waals surface area contributed by atoms with Crippen LogP contribution in [0.15, 0.2) is 30.6 Å². The first-order valence-electron chi connectivity index (χ1n) is 8.70. The van der Waals surface area contributed by atoms with Gasteiger partial charge in [0.25, 0.3) is 0 Å². The molecule has 4 nitrogen and oxygen atoms in total. The van der Waals surface area contributed by atoms with Crippen molar-refractivity contribution in [2.24, 2.45) is 0 Å². The summed E-state index contributed by atoms with van der Waals surface area (Å²) in [7, 11) is 0. The molecule has 122 valence electrons. The third-order valence-electron chi connectivity index (χ3n) is 5.39. The van der Waals surface area contributed by atoms with Crippen molar-refractivity contribution in [1.82, 2.24) is 15.3 Å². The number of aryl methyl sites for hydroxylation is 1. The molecule has 1 fully saturated rings. The molecular weight excluding hydrogens is 298 g/mol. The van der Waals surface area contributed by atoms with Crippen molar-refractivity contribution < 1.29 is 4.74 Å². The number of fused-ring (bicyclic) bond motifs is 2. The van der Waals surface area contributed by atoms with Crippen LogP contribution in [0.5, 0.6) is 0 Å². The number of H-pyrrole nitrogens is 1. The number of nitrogens with zero attached hydrogens (tertiary/aromatic N) is 1. The Morgan fingerprint density at radius 2 is 2.12 bits per heavy atom. The summed E-state index contributed by atoms with van der Waals surface area (Å²) in [4.78, 5) is 7.82. The molecule has 5 rings (SSSR count). The van der Waals surface area contributed by atoms with Gasteiger partial charge < -0.3 is 15.0 Å². The second-order valence-electron chi connectivity index (χ2n) is 6.94. The second-order valence-corrected chi connectivity index (χ2v) is 6.94. The lowest BCUT2D eigenvalue weighted by Crippen LogP contribution is -2.15. The van der Waals surface area contributed by atoms with Crippen LogP contribution in [0, 0.1) is 6.92 Å². The predicted molar refractivity (Wildman–Crippen MR) is 94.7 cm³/mol. The number of pyridine rings is 1. The van der Waals surface area contributed by atoms with Crippen LogP contribution < -0.4 is 5.32 Å². The van der Waals surface area contributed by atoms with Crippen LogP contribution in [0.1, 0.15) is 41.1 Å². The number of hydrogen-bond donors (Lipinski definition) is 2. The minimum absolute atomic E-state index is 0.464. The summed E-state index contributed by atoms with van der Waals surface area (Å²) in [5, 5.41) is 4.84. The molecule has 1 aromatic carbocycles. The zero-order valence-electron chi connectivity index (χ0n) is 13.9. The summed E-state index contributed by atoms with van der Waals surface area (Å²) in [5.41, 5.74) is 8.77. The van der Waals surface area contributed by atoms with Crippen molar-refractivity contribution >= 4 is 11.0 Å². The number of ether oxygens (including phenoxy) is 1. The topological polar surface area (TPSA) is 49.9 Å². The van der Waals surface area contributed by atoms with Crippen LogP contribution in [-0.4, -0.2) is 16.5 Å². The number of aromatic amines is 1. The van der Waals surface area contributed by atoms with Gasteiger partial charge in [0.15, 0.2) is 0 Å². The van der Waals surface area contributed by atoms with Gasteiger partial charge in [0.05, 0.1) is 13.2 Å². The lowest BCUT2D eigenvalue weighted by Gasteiger charge is -2.17. The van der Waals surface area contributed by atoms with Crippen molar-refractivity contribution in [2.45, 2.75) is 39.0 Å². The van der Waals surface area contributed by atoms with E-state index < -0.39 is 0 Å². The van der Waals surface area contributed by atoms with Gasteiger partial charge in [-0.05, 0) is 72.3 Å². The summed E-state index contributed by atoms with van der Waals surface area (Å²) in [6.45, 7) is 4.70. The van der Waals surface area contributed by atoms with E-state index in [0.29, 0.717) is 6.04 Å². The van der Waals surface area contributed by atoms with Gasteiger partial charge in [-0.2, -0.15) is 0 Å². The van der Waals surface area contributed by atoms with Crippen LogP contribution >= 0.6 is 0 Å². The Morgan fingerprint density at radius 1 is 1.17 bits per heavy atom. The highest BCUT2D eigenvalue weighted by atomic mass is 16.5. The molecule has 4 heterocycles. The zero-order valence-corrected chi connectivity index (χ0v) is 13.9. The van der Waals surface area contributed by atoms with Crippen LogP contribution in [-0.2, 0) is 18.0 Å². The highest BCUT2D eigenvalue weighted by Gasteiger charge is 2.25.